The molecule has 1 saturated heterocycles. The van der Waals surface area contributed by atoms with Crippen LogP contribution in [0.4, 0.5) is 0 Å². The van der Waals surface area contributed by atoms with Gasteiger partial charge in [0.2, 0.25) is 0 Å². The molecule has 2 aromatic rings. The Bertz CT molecular complexity index is 2410. The van der Waals surface area contributed by atoms with Crippen LogP contribution >= 0.6 is 0 Å². The minimum atomic E-state index is -1.48. The third-order valence-corrected chi connectivity index (χ3v) is 12.4. The standard InChI is InChI=1S/C43H50N4O16/c1-19-40-23(13-37(58)59)21(5-9-33(50)51)27(46-40)14-26-20(4-8-32(48)49)22(12-36(56)57)28(44-26)15-29-24(6-10-34(52)53)42(2,17-38(60)61)31(45-29)16-30-25(7-11-35(54)55)43(3,18-39(62)63)41(19)47-30/h15-16,24-25,44-46H,4-14,17-18H2,1-3H3,(H,48,49)(H,50,51)(H,52,53)(H,54,55)(H,56,57)(H,58,59)(H,60,61)(H,62,63)/b29-15-,31-16-,41-19-/t24-,25-,42+,43+/m1/s1/i1+2,2+2,3+2. The molecule has 0 amide bonds. The Hall–Kier alpha value is -6.99. The van der Waals surface area contributed by atoms with Gasteiger partial charge in [0, 0.05) is 94.7 Å². The maximum Gasteiger partial charge on any atom is 0.307 e. The largest absolute Gasteiger partial charge is 0.481 e. The molecule has 3 aliphatic heterocycles. The monoisotopic (exact) mass is 884 g/mol. The van der Waals surface area contributed by atoms with Crippen LogP contribution in [0.5, 0.6) is 0 Å². The molecule has 5 rings (SSSR count). The Labute approximate surface area is 359 Å². The first-order valence-corrected chi connectivity index (χ1v) is 20.2. The number of carbonyl (C=O) groups is 8. The van der Waals surface area contributed by atoms with E-state index >= 15 is 0 Å². The molecule has 3 aliphatic rings. The molecular weight excluding hydrogens is 834 g/mol. The van der Waals surface area contributed by atoms with Crippen molar-refractivity contribution in [2.45, 2.75) is 104 Å². The lowest BCUT2D eigenvalue weighted by Gasteiger charge is -2.33. The molecule has 0 unspecified atom stereocenters. The van der Waals surface area contributed by atoms with Crippen molar-refractivity contribution in [3.8, 4) is 0 Å². The Morgan fingerprint density at radius 1 is 0.603 bits per heavy atom. The summed E-state index contributed by atoms with van der Waals surface area (Å²) in [5.41, 5.74) is -0.129. The fraction of sp³-hybridized carbons (Fsp3) is 0.465. The molecule has 63 heavy (non-hydrogen) atoms. The Morgan fingerprint density at radius 2 is 1.10 bits per heavy atom. The average Bonchev–Trinajstić information content (AvgIpc) is 3.80. The van der Waals surface area contributed by atoms with E-state index in [2.05, 4.69) is 15.3 Å². The molecule has 0 aromatic carbocycles. The van der Waals surface area contributed by atoms with Gasteiger partial charge in [-0.25, -0.2) is 0 Å². The highest BCUT2D eigenvalue weighted by molar-refractivity contribution is 6.03. The van der Waals surface area contributed by atoms with Crippen molar-refractivity contribution in [2.24, 2.45) is 27.7 Å². The number of H-pyrrole nitrogens is 2. The van der Waals surface area contributed by atoms with E-state index in [1.54, 1.807) is 20.8 Å². The molecule has 0 aliphatic carbocycles. The number of fused-ring (bicyclic) bond motifs is 7. The van der Waals surface area contributed by atoms with Crippen molar-refractivity contribution >= 4 is 65.1 Å². The van der Waals surface area contributed by atoms with Crippen molar-refractivity contribution in [1.82, 2.24) is 15.3 Å². The quantitative estimate of drug-likeness (QED) is 0.0888. The second kappa shape index (κ2) is 18.5. The van der Waals surface area contributed by atoms with Crippen LogP contribution in [0.25, 0.3) is 11.6 Å². The number of aliphatic imine (C=N–C) groups is 1. The summed E-state index contributed by atoms with van der Waals surface area (Å²) in [6.07, 6.45) is -2.00. The summed E-state index contributed by atoms with van der Waals surface area (Å²) in [4.78, 5) is 110. The van der Waals surface area contributed by atoms with Crippen LogP contribution in [0.15, 0.2) is 28.2 Å². The van der Waals surface area contributed by atoms with Crippen LogP contribution in [0.1, 0.15) is 117 Å². The molecule has 0 spiro atoms. The van der Waals surface area contributed by atoms with Gasteiger partial charge in [-0.2, -0.15) is 0 Å². The van der Waals surface area contributed by atoms with Gasteiger partial charge in [-0.3, -0.25) is 43.3 Å². The van der Waals surface area contributed by atoms with E-state index in [1.165, 1.54) is 12.2 Å². The van der Waals surface area contributed by atoms with Gasteiger partial charge in [-0.1, -0.05) is 13.8 Å². The number of aromatic nitrogens is 2. The molecular formula is C43H50N4O16. The first-order chi connectivity index (χ1) is 29.4. The summed E-state index contributed by atoms with van der Waals surface area (Å²) in [5.74, 6) is -11.8. The van der Waals surface area contributed by atoms with Gasteiger partial charge in [0.15, 0.2) is 0 Å². The highest BCUT2D eigenvalue weighted by Gasteiger charge is 2.51. The first-order valence-electron chi connectivity index (χ1n) is 20.2. The van der Waals surface area contributed by atoms with Crippen molar-refractivity contribution < 1.29 is 79.2 Å². The van der Waals surface area contributed by atoms with E-state index in [9.17, 15) is 79.2 Å². The van der Waals surface area contributed by atoms with Crippen LogP contribution in [-0.2, 0) is 70.5 Å². The zero-order valence-corrected chi connectivity index (χ0v) is 34.8. The van der Waals surface area contributed by atoms with Gasteiger partial charge in [0.1, 0.15) is 0 Å². The van der Waals surface area contributed by atoms with Gasteiger partial charge in [0.25, 0.3) is 0 Å². The van der Waals surface area contributed by atoms with E-state index in [0.717, 1.165) is 0 Å². The van der Waals surface area contributed by atoms with Crippen LogP contribution in [-0.4, -0.2) is 104 Å². The zero-order chi connectivity index (χ0) is 46.7. The normalized spacial score (nSPS) is 24.3. The van der Waals surface area contributed by atoms with Crippen molar-refractivity contribution in [2.75, 3.05) is 0 Å². The Balaban J connectivity index is 2.00. The molecule has 20 nitrogen and oxygen atoms in total. The predicted octanol–water partition coefficient (Wildman–Crippen LogP) is 4.17. The molecule has 0 radical (unpaired) electrons. The minimum absolute atomic E-state index is 0.122. The number of rotatable bonds is 20. The number of nitrogens with zero attached hydrogens (tertiary/aromatic N) is 1. The van der Waals surface area contributed by atoms with E-state index in [0.29, 0.717) is 0 Å². The van der Waals surface area contributed by atoms with Gasteiger partial charge in [-0.15, -0.1) is 0 Å². The SMILES string of the molecule is [14CH3]/C1=C2N=C(/C=C3\N/C(=C\c4[nH]c(c(CCC(=O)O)c4CC(=O)O)Cc4[nH]c1c(CC(=O)O)c4CCC(=O)O)[C@@H](CCC(=O)O)[C@]3([14CH3])CC(=O)O)[C@@H](CCC(=O)O)[C@]/2([14CH3])CC(=O)O. The molecule has 8 bridgehead atoms. The number of aromatic amines is 2. The smallest absolute Gasteiger partial charge is 0.307 e. The van der Waals surface area contributed by atoms with Gasteiger partial charge >= 0.3 is 47.8 Å². The number of aliphatic carboxylic acids is 8. The van der Waals surface area contributed by atoms with E-state index in [4.69, 9.17) is 4.99 Å². The zero-order valence-electron chi connectivity index (χ0n) is 34.8. The molecule has 2 aromatic heterocycles. The summed E-state index contributed by atoms with van der Waals surface area (Å²) in [6, 6.07) is 0. The minimum Gasteiger partial charge on any atom is -0.481 e. The maximum absolute atomic E-state index is 12.7. The summed E-state index contributed by atoms with van der Waals surface area (Å²) in [6.45, 7) is 4.74. The third kappa shape index (κ3) is 10.2. The molecule has 1 fully saturated rings. The highest BCUT2D eigenvalue weighted by atomic mass is 16.4. The van der Waals surface area contributed by atoms with E-state index < -0.39 is 122 Å². The van der Waals surface area contributed by atoms with Crippen LogP contribution < -0.4 is 5.32 Å². The third-order valence-electron chi connectivity index (χ3n) is 12.4. The average molecular weight is 885 g/mol. The molecule has 20 heteroatoms. The second-order valence-corrected chi connectivity index (χ2v) is 16.8. The van der Waals surface area contributed by atoms with E-state index in [1.807, 2.05) is 0 Å². The molecule has 11 N–H and O–H groups in total. The predicted molar refractivity (Wildman–Crippen MR) is 220 cm³/mol. The maximum atomic E-state index is 12.7. The lowest BCUT2D eigenvalue weighted by atomic mass is 9.74. The number of nitrogens with one attached hydrogen (secondary N) is 3. The Kier molecular flexibility index (Phi) is 13.9. The van der Waals surface area contributed by atoms with Gasteiger partial charge in [-0.05, 0) is 72.6 Å². The number of hydrogen-bond acceptors (Lipinski definition) is 10. The van der Waals surface area contributed by atoms with Crippen molar-refractivity contribution in [3.05, 3.63) is 68.2 Å². The number of carboxylic acid groups (broad SMARTS) is 8. The topological polar surface area (TPSA) is 354 Å². The fourth-order valence-electron chi connectivity index (χ4n) is 9.66. The molecule has 4 atom stereocenters. The summed E-state index contributed by atoms with van der Waals surface area (Å²) < 4.78 is 0. The first kappa shape index (κ1) is 47.1. The summed E-state index contributed by atoms with van der Waals surface area (Å²) in [5, 5.41) is 83.5. The molecule has 0 saturated carbocycles. The van der Waals surface area contributed by atoms with Crippen LogP contribution in [0.3, 0.4) is 0 Å². The van der Waals surface area contributed by atoms with Crippen LogP contribution in [0, 0.1) is 22.7 Å². The molecule has 5 heterocycles. The van der Waals surface area contributed by atoms with Crippen molar-refractivity contribution in [3.63, 3.8) is 0 Å². The highest BCUT2D eigenvalue weighted by Crippen LogP contribution is 2.54. The molecule has 338 valence electrons. The summed E-state index contributed by atoms with van der Waals surface area (Å²) in [7, 11) is 0. The van der Waals surface area contributed by atoms with Crippen molar-refractivity contribution in [1.29, 1.82) is 0 Å². The second-order valence-electron chi connectivity index (χ2n) is 16.8. The van der Waals surface area contributed by atoms with Gasteiger partial charge < -0.3 is 56.1 Å². The number of allylic oxidation sites excluding steroid dienone is 5. The summed E-state index contributed by atoms with van der Waals surface area (Å²) >= 11 is 0. The number of hydrogen-bond donors (Lipinski definition) is 11. The van der Waals surface area contributed by atoms with Gasteiger partial charge in [0.05, 0.1) is 31.4 Å². The lowest BCUT2D eigenvalue weighted by molar-refractivity contribution is -0.141. The Morgan fingerprint density at radius 3 is 1.62 bits per heavy atom. The number of carboxylic acids is 8. The lowest BCUT2D eigenvalue weighted by Crippen LogP contribution is -2.33. The van der Waals surface area contributed by atoms with E-state index in [-0.39, 0.29) is 106 Å². The fourth-order valence-corrected chi connectivity index (χ4v) is 9.66. The van der Waals surface area contributed by atoms with Crippen LogP contribution in [0.2, 0.25) is 0 Å².